The quantitative estimate of drug-likeness (QED) is 0.543. The molecule has 0 aliphatic carbocycles. The third kappa shape index (κ3) is 7.32. The van der Waals surface area contributed by atoms with E-state index in [9.17, 15) is 13.2 Å². The predicted octanol–water partition coefficient (Wildman–Crippen LogP) is 4.02. The zero-order valence-electron chi connectivity index (χ0n) is 19.0. The van der Waals surface area contributed by atoms with Crippen molar-refractivity contribution < 1.29 is 13.2 Å². The number of hydrogen-bond acceptors (Lipinski definition) is 4. The molecule has 2 saturated heterocycles. The van der Waals surface area contributed by atoms with Crippen LogP contribution in [0.15, 0.2) is 18.2 Å². The molecule has 0 aromatic heterocycles. The van der Waals surface area contributed by atoms with E-state index in [0.717, 1.165) is 37.9 Å². The van der Waals surface area contributed by atoms with E-state index in [4.69, 9.17) is 23.2 Å². The van der Waals surface area contributed by atoms with Gasteiger partial charge in [0.25, 0.3) is 0 Å². The highest BCUT2D eigenvalue weighted by Gasteiger charge is 2.31. The summed E-state index contributed by atoms with van der Waals surface area (Å²) in [6, 6.07) is 4.84. The lowest BCUT2D eigenvalue weighted by Gasteiger charge is -2.35. The van der Waals surface area contributed by atoms with Crippen molar-refractivity contribution in [3.8, 4) is 0 Å². The Morgan fingerprint density at radius 2 is 1.78 bits per heavy atom. The SMILES string of the molecule is C[C@@H]1C[C@H](C)CN(CCCNC(=O)C2CCN(S(=O)(=O)Cc3ccc(Cl)cc3Cl)CC2)C1. The fourth-order valence-electron chi connectivity index (χ4n) is 4.96. The van der Waals surface area contributed by atoms with Crippen LogP contribution in [0.4, 0.5) is 0 Å². The van der Waals surface area contributed by atoms with Gasteiger partial charge in [-0.2, -0.15) is 0 Å². The number of piperidine rings is 2. The van der Waals surface area contributed by atoms with Crippen LogP contribution in [0.3, 0.4) is 0 Å². The Labute approximate surface area is 202 Å². The minimum absolute atomic E-state index is 0.0446. The molecular formula is C23H35Cl2N3O3S. The number of likely N-dealkylation sites (tertiary alicyclic amines) is 1. The number of amides is 1. The Morgan fingerprint density at radius 3 is 2.41 bits per heavy atom. The van der Waals surface area contributed by atoms with E-state index >= 15 is 0 Å². The normalized spacial score (nSPS) is 23.9. The van der Waals surface area contributed by atoms with Crippen LogP contribution in [0.5, 0.6) is 0 Å². The molecule has 32 heavy (non-hydrogen) atoms. The number of nitrogens with one attached hydrogen (secondary N) is 1. The van der Waals surface area contributed by atoms with Gasteiger partial charge in [-0.25, -0.2) is 12.7 Å². The van der Waals surface area contributed by atoms with E-state index in [-0.39, 0.29) is 17.6 Å². The molecule has 0 radical (unpaired) electrons. The molecule has 1 aromatic rings. The molecule has 2 heterocycles. The summed E-state index contributed by atoms with van der Waals surface area (Å²) in [5.41, 5.74) is 0.536. The van der Waals surface area contributed by atoms with Crippen LogP contribution in [-0.2, 0) is 20.6 Å². The molecular weight excluding hydrogens is 469 g/mol. The van der Waals surface area contributed by atoms with Gasteiger partial charge >= 0.3 is 0 Å². The Morgan fingerprint density at radius 1 is 1.12 bits per heavy atom. The number of carbonyl (C=O) groups is 1. The maximum Gasteiger partial charge on any atom is 0.223 e. The fourth-order valence-corrected chi connectivity index (χ4v) is 7.10. The Bertz CT molecular complexity index is 878. The van der Waals surface area contributed by atoms with Crippen LogP contribution in [0.25, 0.3) is 0 Å². The van der Waals surface area contributed by atoms with Crippen molar-refractivity contribution in [2.24, 2.45) is 17.8 Å². The van der Waals surface area contributed by atoms with Gasteiger partial charge in [0.05, 0.1) is 5.75 Å². The highest BCUT2D eigenvalue weighted by molar-refractivity contribution is 7.88. The van der Waals surface area contributed by atoms with Gasteiger partial charge in [-0.1, -0.05) is 43.1 Å². The van der Waals surface area contributed by atoms with Gasteiger partial charge < -0.3 is 10.2 Å². The number of sulfonamides is 1. The van der Waals surface area contributed by atoms with Gasteiger partial charge in [0, 0.05) is 48.7 Å². The molecule has 0 unspecified atom stereocenters. The lowest BCUT2D eigenvalue weighted by Crippen LogP contribution is -2.44. The lowest BCUT2D eigenvalue weighted by atomic mass is 9.92. The van der Waals surface area contributed by atoms with Crippen LogP contribution in [0.2, 0.25) is 10.0 Å². The molecule has 1 amide bonds. The predicted molar refractivity (Wildman–Crippen MR) is 130 cm³/mol. The maximum atomic E-state index is 12.8. The third-order valence-corrected chi connectivity index (χ3v) is 8.88. The summed E-state index contributed by atoms with van der Waals surface area (Å²) < 4.78 is 27.1. The highest BCUT2D eigenvalue weighted by atomic mass is 35.5. The topological polar surface area (TPSA) is 69.7 Å². The second-order valence-electron chi connectivity index (χ2n) is 9.52. The summed E-state index contributed by atoms with van der Waals surface area (Å²) in [5.74, 6) is 1.24. The molecule has 2 fully saturated rings. The number of halogens is 2. The van der Waals surface area contributed by atoms with Crippen LogP contribution < -0.4 is 5.32 Å². The van der Waals surface area contributed by atoms with Crippen LogP contribution in [-0.4, -0.2) is 62.8 Å². The summed E-state index contributed by atoms with van der Waals surface area (Å²) in [6.07, 6.45) is 3.33. The molecule has 2 aliphatic rings. The molecule has 180 valence electrons. The van der Waals surface area contributed by atoms with E-state index in [1.807, 2.05) is 0 Å². The van der Waals surface area contributed by atoms with Crippen molar-refractivity contribution in [2.75, 3.05) is 39.3 Å². The van der Waals surface area contributed by atoms with E-state index < -0.39 is 10.0 Å². The molecule has 1 N–H and O–H groups in total. The van der Waals surface area contributed by atoms with Crippen molar-refractivity contribution >= 4 is 39.1 Å². The summed E-state index contributed by atoms with van der Waals surface area (Å²) in [5, 5.41) is 3.88. The van der Waals surface area contributed by atoms with Crippen molar-refractivity contribution in [1.82, 2.24) is 14.5 Å². The van der Waals surface area contributed by atoms with Gasteiger partial charge in [0.2, 0.25) is 15.9 Å². The zero-order valence-corrected chi connectivity index (χ0v) is 21.4. The average Bonchev–Trinajstić information content (AvgIpc) is 2.72. The summed E-state index contributed by atoms with van der Waals surface area (Å²) >= 11 is 12.0. The minimum atomic E-state index is -3.49. The Hall–Kier alpha value is -0.860. The van der Waals surface area contributed by atoms with Gasteiger partial charge in [-0.3, -0.25) is 4.79 Å². The van der Waals surface area contributed by atoms with Gasteiger partial charge in [0.15, 0.2) is 0 Å². The number of nitrogens with zero attached hydrogens (tertiary/aromatic N) is 2. The minimum Gasteiger partial charge on any atom is -0.356 e. The molecule has 2 aliphatic heterocycles. The average molecular weight is 505 g/mol. The summed E-state index contributed by atoms with van der Waals surface area (Å²) in [6.45, 7) is 9.30. The molecule has 1 aromatic carbocycles. The number of carbonyl (C=O) groups excluding carboxylic acids is 1. The van der Waals surface area contributed by atoms with Crippen molar-refractivity contribution in [1.29, 1.82) is 0 Å². The van der Waals surface area contributed by atoms with Crippen molar-refractivity contribution in [2.45, 2.75) is 45.3 Å². The molecule has 0 spiro atoms. The van der Waals surface area contributed by atoms with Crippen molar-refractivity contribution in [3.05, 3.63) is 33.8 Å². The molecule has 9 heteroatoms. The summed E-state index contributed by atoms with van der Waals surface area (Å²) in [4.78, 5) is 15.1. The second-order valence-corrected chi connectivity index (χ2v) is 12.3. The van der Waals surface area contributed by atoms with E-state index in [1.54, 1.807) is 18.2 Å². The molecule has 2 atom stereocenters. The van der Waals surface area contributed by atoms with E-state index in [0.29, 0.717) is 48.1 Å². The smallest absolute Gasteiger partial charge is 0.223 e. The van der Waals surface area contributed by atoms with E-state index in [1.165, 1.54) is 10.7 Å². The number of hydrogen-bond donors (Lipinski definition) is 1. The van der Waals surface area contributed by atoms with Crippen molar-refractivity contribution in [3.63, 3.8) is 0 Å². The van der Waals surface area contributed by atoms with Crippen LogP contribution in [0.1, 0.15) is 45.1 Å². The van der Waals surface area contributed by atoms with E-state index in [2.05, 4.69) is 24.1 Å². The zero-order chi connectivity index (χ0) is 23.3. The maximum absolute atomic E-state index is 12.8. The Kier molecular flexibility index (Phi) is 9.27. The lowest BCUT2D eigenvalue weighted by molar-refractivity contribution is -0.126. The monoisotopic (exact) mass is 503 g/mol. The molecule has 0 bridgehead atoms. The Balaban J connectivity index is 1.39. The van der Waals surface area contributed by atoms with Gasteiger partial charge in [-0.05, 0) is 61.8 Å². The first-order valence-corrected chi connectivity index (χ1v) is 13.9. The third-order valence-electron chi connectivity index (χ3n) is 6.47. The first-order chi connectivity index (χ1) is 15.1. The van der Waals surface area contributed by atoms with Crippen LogP contribution >= 0.6 is 23.2 Å². The standard InChI is InChI=1S/C23H35Cl2N3O3S/c1-17-12-18(2)15-27(14-17)9-3-8-26-23(29)19-6-10-28(11-7-19)32(30,31)16-20-4-5-21(24)13-22(20)25/h4-5,13,17-19H,3,6-12,14-16H2,1-2H3,(H,26,29)/t17-,18+. The highest BCUT2D eigenvalue weighted by Crippen LogP contribution is 2.26. The molecule has 0 saturated carbocycles. The number of rotatable bonds is 8. The number of benzene rings is 1. The summed E-state index contributed by atoms with van der Waals surface area (Å²) in [7, 11) is -3.49. The van der Waals surface area contributed by atoms with Gasteiger partial charge in [0.1, 0.15) is 0 Å². The second kappa shape index (κ2) is 11.5. The van der Waals surface area contributed by atoms with Crippen LogP contribution in [0, 0.1) is 17.8 Å². The first-order valence-electron chi connectivity index (χ1n) is 11.6. The fraction of sp³-hybridized carbons (Fsp3) is 0.696. The largest absolute Gasteiger partial charge is 0.356 e. The molecule has 6 nitrogen and oxygen atoms in total. The van der Waals surface area contributed by atoms with Gasteiger partial charge in [-0.15, -0.1) is 0 Å². The molecule has 3 rings (SSSR count). The first kappa shape index (κ1) is 25.8.